The van der Waals surface area contributed by atoms with E-state index < -0.39 is 0 Å². The largest absolute Gasteiger partial charge is 0.467 e. The van der Waals surface area contributed by atoms with Crippen molar-refractivity contribution in [3.63, 3.8) is 0 Å². The molecule has 0 unspecified atom stereocenters. The Hall–Kier alpha value is -1.87. The van der Waals surface area contributed by atoms with Gasteiger partial charge >= 0.3 is 0 Å². The molecule has 3 heteroatoms. The van der Waals surface area contributed by atoms with E-state index in [1.807, 2.05) is 24.3 Å². The van der Waals surface area contributed by atoms with Crippen molar-refractivity contribution in [2.24, 2.45) is 0 Å². The van der Waals surface area contributed by atoms with Crippen LogP contribution in [0, 0.1) is 5.82 Å². The van der Waals surface area contributed by atoms with Gasteiger partial charge in [-0.2, -0.15) is 0 Å². The zero-order valence-electron chi connectivity index (χ0n) is 10.2. The molecule has 0 radical (unpaired) electrons. The molecular formula is C15H15FO2. The van der Waals surface area contributed by atoms with Gasteiger partial charge in [0.2, 0.25) is 0 Å². The molecule has 0 saturated carbocycles. The molecule has 2 aromatic rings. The van der Waals surface area contributed by atoms with Crippen LogP contribution in [0.5, 0.6) is 5.75 Å². The summed E-state index contributed by atoms with van der Waals surface area (Å²) >= 11 is 0. The molecule has 0 aliphatic heterocycles. The number of ether oxygens (including phenoxy) is 2. The van der Waals surface area contributed by atoms with Crippen LogP contribution in [0.4, 0.5) is 4.39 Å². The monoisotopic (exact) mass is 246 g/mol. The van der Waals surface area contributed by atoms with Gasteiger partial charge in [-0.05, 0) is 29.3 Å². The summed E-state index contributed by atoms with van der Waals surface area (Å²) in [5, 5.41) is 0. The SMILES string of the molecule is COCOc1ccccc1Cc1ccc(F)cc1. The second kappa shape index (κ2) is 6.17. The Balaban J connectivity index is 2.15. The van der Waals surface area contributed by atoms with Gasteiger partial charge in [-0.1, -0.05) is 30.3 Å². The molecule has 18 heavy (non-hydrogen) atoms. The number of methoxy groups -OCH3 is 1. The lowest BCUT2D eigenvalue weighted by Gasteiger charge is -2.10. The van der Waals surface area contributed by atoms with Crippen molar-refractivity contribution < 1.29 is 13.9 Å². The van der Waals surface area contributed by atoms with Crippen molar-refractivity contribution in [2.75, 3.05) is 13.9 Å². The molecule has 0 fully saturated rings. The van der Waals surface area contributed by atoms with Crippen LogP contribution in [-0.2, 0) is 11.2 Å². The van der Waals surface area contributed by atoms with Gasteiger partial charge in [0, 0.05) is 13.5 Å². The van der Waals surface area contributed by atoms with Gasteiger partial charge in [0.25, 0.3) is 0 Å². The summed E-state index contributed by atoms with van der Waals surface area (Å²) in [6.45, 7) is 0.223. The van der Waals surface area contributed by atoms with E-state index in [4.69, 9.17) is 9.47 Å². The zero-order chi connectivity index (χ0) is 12.8. The Morgan fingerprint density at radius 1 is 1.00 bits per heavy atom. The highest BCUT2D eigenvalue weighted by Gasteiger charge is 2.04. The predicted molar refractivity (Wildman–Crippen MR) is 68.2 cm³/mol. The van der Waals surface area contributed by atoms with Gasteiger partial charge in [-0.3, -0.25) is 0 Å². The molecule has 0 aliphatic rings. The van der Waals surface area contributed by atoms with Crippen molar-refractivity contribution >= 4 is 0 Å². The molecular weight excluding hydrogens is 231 g/mol. The van der Waals surface area contributed by atoms with Gasteiger partial charge in [-0.25, -0.2) is 4.39 Å². The first-order chi connectivity index (χ1) is 8.79. The molecule has 0 amide bonds. The van der Waals surface area contributed by atoms with Crippen LogP contribution in [0.15, 0.2) is 48.5 Å². The smallest absolute Gasteiger partial charge is 0.188 e. The van der Waals surface area contributed by atoms with Gasteiger partial charge in [0.1, 0.15) is 11.6 Å². The van der Waals surface area contributed by atoms with Crippen LogP contribution in [0.3, 0.4) is 0 Å². The summed E-state index contributed by atoms with van der Waals surface area (Å²) in [5.74, 6) is 0.575. The molecule has 2 rings (SSSR count). The van der Waals surface area contributed by atoms with Crippen LogP contribution >= 0.6 is 0 Å². The highest BCUT2D eigenvalue weighted by molar-refractivity contribution is 5.37. The third-order valence-electron chi connectivity index (χ3n) is 2.61. The van der Waals surface area contributed by atoms with Crippen molar-refractivity contribution in [3.8, 4) is 5.75 Å². The molecule has 0 saturated heterocycles. The van der Waals surface area contributed by atoms with Gasteiger partial charge in [0.05, 0.1) is 0 Å². The molecule has 2 nitrogen and oxygen atoms in total. The highest BCUT2D eigenvalue weighted by Crippen LogP contribution is 2.21. The Kier molecular flexibility index (Phi) is 4.31. The summed E-state index contributed by atoms with van der Waals surface area (Å²) in [6, 6.07) is 14.3. The van der Waals surface area contributed by atoms with Crippen LogP contribution in [-0.4, -0.2) is 13.9 Å². The molecule has 0 bridgehead atoms. The molecule has 0 aromatic heterocycles. The number of para-hydroxylation sites is 1. The fraction of sp³-hybridized carbons (Fsp3) is 0.200. The Morgan fingerprint density at radius 2 is 1.72 bits per heavy atom. The molecule has 2 aromatic carbocycles. The second-order valence-electron chi connectivity index (χ2n) is 3.96. The number of hydrogen-bond acceptors (Lipinski definition) is 2. The molecule has 0 heterocycles. The number of benzene rings is 2. The fourth-order valence-electron chi connectivity index (χ4n) is 1.74. The first-order valence-corrected chi connectivity index (χ1v) is 5.73. The van der Waals surface area contributed by atoms with Gasteiger partial charge < -0.3 is 9.47 Å². The molecule has 0 N–H and O–H groups in total. The normalized spacial score (nSPS) is 10.3. The summed E-state index contributed by atoms with van der Waals surface area (Å²) < 4.78 is 23.2. The van der Waals surface area contributed by atoms with E-state index in [9.17, 15) is 4.39 Å². The second-order valence-corrected chi connectivity index (χ2v) is 3.96. The van der Waals surface area contributed by atoms with Crippen molar-refractivity contribution in [1.29, 1.82) is 0 Å². The van der Waals surface area contributed by atoms with Crippen molar-refractivity contribution in [3.05, 3.63) is 65.5 Å². The first-order valence-electron chi connectivity index (χ1n) is 5.73. The van der Waals surface area contributed by atoms with Gasteiger partial charge in [-0.15, -0.1) is 0 Å². The van der Waals surface area contributed by atoms with Crippen LogP contribution in [0.25, 0.3) is 0 Å². The van der Waals surface area contributed by atoms with Crippen molar-refractivity contribution in [2.45, 2.75) is 6.42 Å². The van der Waals surface area contributed by atoms with Crippen molar-refractivity contribution in [1.82, 2.24) is 0 Å². The maximum absolute atomic E-state index is 12.8. The average molecular weight is 246 g/mol. The van der Waals surface area contributed by atoms with E-state index in [2.05, 4.69) is 0 Å². The maximum atomic E-state index is 12.8. The summed E-state index contributed by atoms with van der Waals surface area (Å²) in [5.41, 5.74) is 2.10. The van der Waals surface area contributed by atoms with Crippen LogP contribution in [0.2, 0.25) is 0 Å². The molecule has 0 spiro atoms. The third kappa shape index (κ3) is 3.31. The minimum absolute atomic E-state index is 0.220. The summed E-state index contributed by atoms with van der Waals surface area (Å²) in [6.07, 6.45) is 0.708. The molecule has 0 aliphatic carbocycles. The van der Waals surface area contributed by atoms with E-state index in [1.165, 1.54) is 12.1 Å². The Labute approximate surface area is 106 Å². The summed E-state index contributed by atoms with van der Waals surface area (Å²) in [4.78, 5) is 0. The maximum Gasteiger partial charge on any atom is 0.188 e. The lowest BCUT2D eigenvalue weighted by molar-refractivity contribution is 0.0505. The number of hydrogen-bond donors (Lipinski definition) is 0. The Bertz CT molecular complexity index is 494. The average Bonchev–Trinajstić information content (AvgIpc) is 2.40. The highest BCUT2D eigenvalue weighted by atomic mass is 19.1. The quantitative estimate of drug-likeness (QED) is 0.753. The zero-order valence-corrected chi connectivity index (χ0v) is 10.2. The molecule has 0 atom stereocenters. The first kappa shape index (κ1) is 12.6. The van der Waals surface area contributed by atoms with E-state index in [-0.39, 0.29) is 12.6 Å². The number of halogens is 1. The van der Waals surface area contributed by atoms with Gasteiger partial charge in [0.15, 0.2) is 6.79 Å². The lowest BCUT2D eigenvalue weighted by atomic mass is 10.0. The van der Waals surface area contributed by atoms with E-state index in [1.54, 1.807) is 19.2 Å². The number of rotatable bonds is 5. The summed E-state index contributed by atoms with van der Waals surface area (Å²) in [7, 11) is 1.59. The van der Waals surface area contributed by atoms with E-state index >= 15 is 0 Å². The topological polar surface area (TPSA) is 18.5 Å². The standard InChI is InChI=1S/C15H15FO2/c1-17-11-18-15-5-3-2-4-13(15)10-12-6-8-14(16)9-7-12/h2-9H,10-11H2,1H3. The lowest BCUT2D eigenvalue weighted by Crippen LogP contribution is -2.02. The third-order valence-corrected chi connectivity index (χ3v) is 2.61. The van der Waals surface area contributed by atoms with E-state index in [0.29, 0.717) is 6.42 Å². The van der Waals surface area contributed by atoms with E-state index in [0.717, 1.165) is 16.9 Å². The van der Waals surface area contributed by atoms with Crippen LogP contribution < -0.4 is 4.74 Å². The Morgan fingerprint density at radius 3 is 2.44 bits per heavy atom. The fourth-order valence-corrected chi connectivity index (χ4v) is 1.74. The predicted octanol–water partition coefficient (Wildman–Crippen LogP) is 3.40. The minimum Gasteiger partial charge on any atom is -0.467 e. The minimum atomic E-state index is -0.220. The molecule has 94 valence electrons. The van der Waals surface area contributed by atoms with Crippen LogP contribution in [0.1, 0.15) is 11.1 Å².